The summed E-state index contributed by atoms with van der Waals surface area (Å²) < 4.78 is 1.95. The summed E-state index contributed by atoms with van der Waals surface area (Å²) >= 11 is 1.74. The number of pyridine rings is 1. The van der Waals surface area contributed by atoms with Gasteiger partial charge in [-0.1, -0.05) is 26.8 Å². The van der Waals surface area contributed by atoms with E-state index >= 15 is 0 Å². The van der Waals surface area contributed by atoms with Crippen LogP contribution >= 0.6 is 11.8 Å². The van der Waals surface area contributed by atoms with Gasteiger partial charge in [0.15, 0.2) is 0 Å². The Labute approximate surface area is 106 Å². The number of aliphatic hydroxyl groups excluding tert-OH is 1. The quantitative estimate of drug-likeness (QED) is 0.848. The number of aromatic nitrogens is 2. The Hall–Kier alpha value is -1.00. The van der Waals surface area contributed by atoms with E-state index in [4.69, 9.17) is 0 Å². The molecule has 2 aromatic rings. The molecule has 0 aliphatic heterocycles. The van der Waals surface area contributed by atoms with Gasteiger partial charge in [0.2, 0.25) is 0 Å². The molecule has 3 nitrogen and oxygen atoms in total. The van der Waals surface area contributed by atoms with E-state index in [1.165, 1.54) is 0 Å². The number of hydrogen-bond donors (Lipinski definition) is 1. The molecule has 0 radical (unpaired) electrons. The summed E-state index contributed by atoms with van der Waals surface area (Å²) in [7, 11) is 0. The highest BCUT2D eigenvalue weighted by Crippen LogP contribution is 2.30. The summed E-state index contributed by atoms with van der Waals surface area (Å²) in [6.07, 6.45) is 1.94. The molecule has 4 heteroatoms. The average Bonchev–Trinajstić information content (AvgIpc) is 2.65. The highest BCUT2D eigenvalue weighted by Gasteiger charge is 2.16. The van der Waals surface area contributed by atoms with E-state index in [0.717, 1.165) is 16.4 Å². The zero-order chi connectivity index (χ0) is 12.4. The Kier molecular flexibility index (Phi) is 3.74. The van der Waals surface area contributed by atoms with Gasteiger partial charge >= 0.3 is 0 Å². The van der Waals surface area contributed by atoms with Gasteiger partial charge in [-0.3, -0.25) is 0 Å². The summed E-state index contributed by atoms with van der Waals surface area (Å²) in [6, 6.07) is 5.88. The van der Waals surface area contributed by atoms with E-state index < -0.39 is 0 Å². The molecule has 92 valence electrons. The number of nitrogens with zero attached hydrogens (tertiary/aromatic N) is 2. The number of aliphatic hydroxyl groups is 1. The van der Waals surface area contributed by atoms with Gasteiger partial charge in [-0.05, 0) is 18.1 Å². The first-order chi connectivity index (χ1) is 8.13. The molecule has 1 atom stereocenters. The van der Waals surface area contributed by atoms with Gasteiger partial charge in [0.25, 0.3) is 0 Å². The van der Waals surface area contributed by atoms with Crippen molar-refractivity contribution in [3.05, 3.63) is 30.1 Å². The van der Waals surface area contributed by atoms with Crippen LogP contribution in [0.2, 0.25) is 0 Å². The molecule has 0 saturated heterocycles. The van der Waals surface area contributed by atoms with Crippen LogP contribution in [-0.2, 0) is 6.61 Å². The van der Waals surface area contributed by atoms with E-state index in [2.05, 4.69) is 25.8 Å². The zero-order valence-electron chi connectivity index (χ0n) is 10.4. The van der Waals surface area contributed by atoms with Gasteiger partial charge in [-0.2, -0.15) is 0 Å². The van der Waals surface area contributed by atoms with Gasteiger partial charge in [-0.25, -0.2) is 4.98 Å². The summed E-state index contributed by atoms with van der Waals surface area (Å²) in [5.74, 6) is 0.594. The smallest absolute Gasteiger partial charge is 0.138 e. The van der Waals surface area contributed by atoms with Crippen LogP contribution in [-0.4, -0.2) is 19.7 Å². The first-order valence-corrected chi connectivity index (χ1v) is 6.75. The second-order valence-corrected chi connectivity index (χ2v) is 5.88. The van der Waals surface area contributed by atoms with Crippen molar-refractivity contribution in [2.24, 2.45) is 5.92 Å². The Morgan fingerprint density at radius 1 is 1.35 bits per heavy atom. The molecule has 0 fully saturated rings. The molecular formula is C13H18N2OS. The molecule has 2 rings (SSSR count). The number of thioether (sulfide) groups is 1. The standard InChI is InChI=1S/C13H18N2OS/c1-9(2)10(3)17-13-11(8-16)15-7-5-4-6-12(15)14-13/h4-7,9-10,16H,8H2,1-3H3. The first-order valence-electron chi connectivity index (χ1n) is 5.87. The van der Waals surface area contributed by atoms with Crippen molar-refractivity contribution in [3.8, 4) is 0 Å². The SMILES string of the molecule is CC(C)C(C)Sc1nc2ccccn2c1CO. The van der Waals surface area contributed by atoms with E-state index in [0.29, 0.717) is 11.2 Å². The van der Waals surface area contributed by atoms with Crippen LogP contribution in [0.4, 0.5) is 0 Å². The molecule has 0 amide bonds. The minimum absolute atomic E-state index is 0.0261. The number of fused-ring (bicyclic) bond motifs is 1. The molecule has 1 N–H and O–H groups in total. The molecule has 0 bridgehead atoms. The number of imidazole rings is 1. The molecule has 1 unspecified atom stereocenters. The Bertz CT molecular complexity index is 507. The highest BCUT2D eigenvalue weighted by molar-refractivity contribution is 7.99. The molecule has 2 heterocycles. The molecule has 0 spiro atoms. The molecule has 0 saturated carbocycles. The van der Waals surface area contributed by atoms with Crippen molar-refractivity contribution < 1.29 is 5.11 Å². The van der Waals surface area contributed by atoms with Crippen molar-refractivity contribution in [2.45, 2.75) is 37.7 Å². The van der Waals surface area contributed by atoms with Gasteiger partial charge in [0.05, 0.1) is 12.3 Å². The van der Waals surface area contributed by atoms with Crippen LogP contribution in [0, 0.1) is 5.92 Å². The van der Waals surface area contributed by atoms with Crippen LogP contribution in [0.3, 0.4) is 0 Å². The zero-order valence-corrected chi connectivity index (χ0v) is 11.2. The predicted molar refractivity (Wildman–Crippen MR) is 71.3 cm³/mol. The van der Waals surface area contributed by atoms with Crippen LogP contribution < -0.4 is 0 Å². The van der Waals surface area contributed by atoms with Crippen molar-refractivity contribution in [1.82, 2.24) is 9.38 Å². The van der Waals surface area contributed by atoms with Crippen LogP contribution in [0.15, 0.2) is 29.4 Å². The fraction of sp³-hybridized carbons (Fsp3) is 0.462. The molecular weight excluding hydrogens is 232 g/mol. The van der Waals surface area contributed by atoms with E-state index in [-0.39, 0.29) is 6.61 Å². The van der Waals surface area contributed by atoms with E-state index in [1.54, 1.807) is 11.8 Å². The van der Waals surface area contributed by atoms with Gasteiger partial charge in [0.1, 0.15) is 10.7 Å². The van der Waals surface area contributed by atoms with Crippen molar-refractivity contribution in [2.75, 3.05) is 0 Å². The van der Waals surface area contributed by atoms with Crippen molar-refractivity contribution >= 4 is 17.4 Å². The van der Waals surface area contributed by atoms with Crippen LogP contribution in [0.25, 0.3) is 5.65 Å². The lowest BCUT2D eigenvalue weighted by Gasteiger charge is -2.13. The first kappa shape index (κ1) is 12.5. The summed E-state index contributed by atoms with van der Waals surface area (Å²) in [6.45, 7) is 6.62. The minimum atomic E-state index is 0.0261. The largest absolute Gasteiger partial charge is 0.390 e. The normalized spacial score (nSPS) is 13.5. The monoisotopic (exact) mass is 250 g/mol. The Balaban J connectivity index is 2.39. The van der Waals surface area contributed by atoms with Crippen molar-refractivity contribution in [1.29, 1.82) is 0 Å². The maximum atomic E-state index is 9.48. The lowest BCUT2D eigenvalue weighted by atomic mass is 10.2. The fourth-order valence-corrected chi connectivity index (χ4v) is 2.64. The Morgan fingerprint density at radius 2 is 2.12 bits per heavy atom. The summed E-state index contributed by atoms with van der Waals surface area (Å²) in [5, 5.41) is 10.9. The lowest BCUT2D eigenvalue weighted by Crippen LogP contribution is -2.06. The van der Waals surface area contributed by atoms with Gasteiger partial charge < -0.3 is 9.51 Å². The third-order valence-electron chi connectivity index (χ3n) is 2.98. The van der Waals surface area contributed by atoms with Crippen LogP contribution in [0.1, 0.15) is 26.5 Å². The maximum Gasteiger partial charge on any atom is 0.138 e. The molecule has 0 aromatic carbocycles. The minimum Gasteiger partial charge on any atom is -0.390 e. The van der Waals surface area contributed by atoms with E-state index in [9.17, 15) is 5.11 Å². The third kappa shape index (κ3) is 2.48. The Morgan fingerprint density at radius 3 is 2.76 bits per heavy atom. The third-order valence-corrected chi connectivity index (χ3v) is 4.44. The predicted octanol–water partition coefficient (Wildman–Crippen LogP) is 2.96. The molecule has 17 heavy (non-hydrogen) atoms. The van der Waals surface area contributed by atoms with Gasteiger partial charge in [-0.15, -0.1) is 11.8 Å². The van der Waals surface area contributed by atoms with E-state index in [1.807, 2.05) is 28.8 Å². The second kappa shape index (κ2) is 5.10. The lowest BCUT2D eigenvalue weighted by molar-refractivity contribution is 0.272. The fourth-order valence-electron chi connectivity index (χ4n) is 1.58. The molecule has 0 aliphatic carbocycles. The number of rotatable bonds is 4. The number of hydrogen-bond acceptors (Lipinski definition) is 3. The highest BCUT2D eigenvalue weighted by atomic mass is 32.2. The van der Waals surface area contributed by atoms with Crippen molar-refractivity contribution in [3.63, 3.8) is 0 Å². The molecule has 2 aromatic heterocycles. The maximum absolute atomic E-state index is 9.48. The summed E-state index contributed by atoms with van der Waals surface area (Å²) in [5.41, 5.74) is 1.79. The summed E-state index contributed by atoms with van der Waals surface area (Å²) in [4.78, 5) is 4.57. The van der Waals surface area contributed by atoms with Crippen LogP contribution in [0.5, 0.6) is 0 Å². The topological polar surface area (TPSA) is 37.5 Å². The average molecular weight is 250 g/mol. The second-order valence-electron chi connectivity index (χ2n) is 4.52. The molecule has 0 aliphatic rings. The van der Waals surface area contributed by atoms with Gasteiger partial charge in [0, 0.05) is 11.4 Å².